The zero-order valence-electron chi connectivity index (χ0n) is 17.7. The molecule has 11 heteroatoms. The Labute approximate surface area is 198 Å². The van der Waals surface area contributed by atoms with Crippen molar-refractivity contribution in [2.75, 3.05) is 25.5 Å². The van der Waals surface area contributed by atoms with Crippen LogP contribution in [0.25, 0.3) is 22.3 Å². The van der Waals surface area contributed by atoms with Crippen molar-refractivity contribution in [2.45, 2.75) is 18.9 Å². The second-order valence-corrected chi connectivity index (χ2v) is 9.18. The van der Waals surface area contributed by atoms with Crippen LogP contribution in [0.4, 0.5) is 15.2 Å². The number of fused-ring (bicyclic) bond motifs is 1. The van der Waals surface area contributed by atoms with Gasteiger partial charge in [-0.3, -0.25) is 9.89 Å². The first-order chi connectivity index (χ1) is 16.0. The van der Waals surface area contributed by atoms with Gasteiger partial charge in [-0.15, -0.1) is 0 Å². The first-order valence-electron chi connectivity index (χ1n) is 10.5. The fourth-order valence-corrected chi connectivity index (χ4v) is 4.70. The van der Waals surface area contributed by atoms with Crippen LogP contribution in [0.3, 0.4) is 0 Å². The number of amides is 1. The van der Waals surface area contributed by atoms with Gasteiger partial charge in [-0.2, -0.15) is 14.5 Å². The molecule has 0 radical (unpaired) electrons. The highest BCUT2D eigenvalue weighted by molar-refractivity contribution is 7.10. The van der Waals surface area contributed by atoms with Gasteiger partial charge in [0.25, 0.3) is 5.91 Å². The molecule has 3 N–H and O–H groups in total. The lowest BCUT2D eigenvalue weighted by molar-refractivity contribution is 0.0913. The van der Waals surface area contributed by atoms with Crippen molar-refractivity contribution >= 4 is 50.8 Å². The Morgan fingerprint density at radius 2 is 2.09 bits per heavy atom. The monoisotopic (exact) mass is 485 g/mol. The summed E-state index contributed by atoms with van der Waals surface area (Å²) in [5, 5.41) is 14.8. The Bertz CT molecular complexity index is 1320. The summed E-state index contributed by atoms with van der Waals surface area (Å²) in [5.74, 6) is -0.591. The summed E-state index contributed by atoms with van der Waals surface area (Å²) in [4.78, 5) is 19.4. The fourth-order valence-electron chi connectivity index (χ4n) is 3.84. The molecule has 2 aromatic heterocycles. The van der Waals surface area contributed by atoms with Crippen LogP contribution < -0.4 is 10.6 Å². The average molecular weight is 486 g/mol. The molecule has 0 spiro atoms. The van der Waals surface area contributed by atoms with Gasteiger partial charge in [-0.25, -0.2) is 4.39 Å². The number of anilines is 2. The van der Waals surface area contributed by atoms with E-state index in [2.05, 4.69) is 42.1 Å². The number of likely N-dealkylation sites (tertiary alicyclic amines) is 1. The molecular formula is C22H21ClFN7OS. The summed E-state index contributed by atoms with van der Waals surface area (Å²) in [6.07, 6.45) is 3.35. The molecule has 1 aliphatic heterocycles. The lowest BCUT2D eigenvalue weighted by Gasteiger charge is -2.29. The maximum absolute atomic E-state index is 14.4. The largest absolute Gasteiger partial charge is 0.349 e. The predicted octanol–water partition coefficient (Wildman–Crippen LogP) is 4.44. The van der Waals surface area contributed by atoms with Gasteiger partial charge in [0.05, 0.1) is 28.0 Å². The summed E-state index contributed by atoms with van der Waals surface area (Å²) in [6.45, 7) is 1.81. The van der Waals surface area contributed by atoms with Crippen LogP contribution in [0.15, 0.2) is 36.5 Å². The van der Waals surface area contributed by atoms with Crippen LogP contribution in [0.2, 0.25) is 5.02 Å². The summed E-state index contributed by atoms with van der Waals surface area (Å²) >= 11 is 7.61. The Hall–Kier alpha value is -3.08. The highest BCUT2D eigenvalue weighted by Gasteiger charge is 2.22. The van der Waals surface area contributed by atoms with Crippen LogP contribution in [-0.2, 0) is 0 Å². The molecule has 1 fully saturated rings. The second-order valence-electron chi connectivity index (χ2n) is 8.05. The summed E-state index contributed by atoms with van der Waals surface area (Å²) < 4.78 is 18.8. The van der Waals surface area contributed by atoms with Crippen LogP contribution >= 0.6 is 23.1 Å². The Kier molecular flexibility index (Phi) is 5.96. The molecule has 3 heterocycles. The van der Waals surface area contributed by atoms with E-state index in [1.807, 2.05) is 12.1 Å². The van der Waals surface area contributed by atoms with Crippen molar-refractivity contribution in [1.29, 1.82) is 0 Å². The van der Waals surface area contributed by atoms with E-state index in [9.17, 15) is 9.18 Å². The van der Waals surface area contributed by atoms with Gasteiger partial charge in [-0.05, 0) is 63.3 Å². The number of rotatable bonds is 5. The minimum atomic E-state index is -0.571. The molecule has 1 saturated heterocycles. The third kappa shape index (κ3) is 4.54. The Morgan fingerprint density at radius 3 is 2.91 bits per heavy atom. The van der Waals surface area contributed by atoms with Gasteiger partial charge in [0, 0.05) is 28.5 Å². The molecule has 5 rings (SSSR count). The second kappa shape index (κ2) is 9.05. The molecule has 2 aromatic carbocycles. The molecule has 4 aromatic rings. The van der Waals surface area contributed by atoms with E-state index in [0.29, 0.717) is 27.2 Å². The lowest BCUT2D eigenvalue weighted by Crippen LogP contribution is -2.43. The molecule has 0 unspecified atom stereocenters. The first kappa shape index (κ1) is 21.7. The smallest absolute Gasteiger partial charge is 0.254 e. The number of H-pyrrole nitrogens is 1. The normalized spacial score (nSPS) is 15.1. The third-order valence-corrected chi connectivity index (χ3v) is 6.79. The summed E-state index contributed by atoms with van der Waals surface area (Å²) in [6, 6.07) is 8.08. The molecule has 0 aliphatic carbocycles. The number of hydrogen-bond acceptors (Lipinski definition) is 7. The molecule has 8 nitrogen and oxygen atoms in total. The highest BCUT2D eigenvalue weighted by Crippen LogP contribution is 2.33. The number of piperidine rings is 1. The molecule has 1 amide bonds. The number of carbonyl (C=O) groups is 1. The molecular weight excluding hydrogens is 465 g/mol. The van der Waals surface area contributed by atoms with Crippen molar-refractivity contribution in [3.63, 3.8) is 0 Å². The summed E-state index contributed by atoms with van der Waals surface area (Å²) in [5.41, 5.74) is 2.06. The van der Waals surface area contributed by atoms with Crippen LogP contribution in [0.5, 0.6) is 0 Å². The van der Waals surface area contributed by atoms with Crippen molar-refractivity contribution < 1.29 is 9.18 Å². The number of halogens is 2. The minimum absolute atomic E-state index is 0.0100. The van der Waals surface area contributed by atoms with E-state index in [-0.39, 0.29) is 11.6 Å². The van der Waals surface area contributed by atoms with Gasteiger partial charge in [0.15, 0.2) is 5.82 Å². The number of aromatic nitrogens is 4. The number of hydrogen-bond donors (Lipinski definition) is 3. The van der Waals surface area contributed by atoms with Gasteiger partial charge in [0.1, 0.15) is 5.82 Å². The lowest BCUT2D eigenvalue weighted by atomic mass is 10.0. The van der Waals surface area contributed by atoms with Gasteiger partial charge < -0.3 is 15.5 Å². The standard InChI is InChI=1S/C22H21ClFN7OS/c1-31-8-6-13(7-9-31)26-21(32)14-10-12(2-3-16(14)24)20-28-22(33-30-20)27-18-5-4-17-15(19(18)23)11-25-29-17/h2-5,10-11,13H,6-9H2,1H3,(H,25,29)(H,26,32)(H,27,28,30). The maximum Gasteiger partial charge on any atom is 0.254 e. The van der Waals surface area contributed by atoms with E-state index in [0.717, 1.165) is 48.4 Å². The number of nitrogens with zero attached hydrogens (tertiary/aromatic N) is 4. The van der Waals surface area contributed by atoms with Gasteiger partial charge in [0.2, 0.25) is 5.13 Å². The molecule has 1 aliphatic rings. The van der Waals surface area contributed by atoms with E-state index in [4.69, 9.17) is 11.6 Å². The van der Waals surface area contributed by atoms with E-state index < -0.39 is 11.7 Å². The molecule has 170 valence electrons. The van der Waals surface area contributed by atoms with E-state index in [1.165, 1.54) is 12.1 Å². The van der Waals surface area contributed by atoms with E-state index in [1.54, 1.807) is 12.3 Å². The van der Waals surface area contributed by atoms with Crippen LogP contribution in [0.1, 0.15) is 23.2 Å². The van der Waals surface area contributed by atoms with Crippen molar-refractivity contribution in [3.8, 4) is 11.4 Å². The summed E-state index contributed by atoms with van der Waals surface area (Å²) in [7, 11) is 2.05. The number of carbonyl (C=O) groups excluding carboxylic acids is 1. The Morgan fingerprint density at radius 1 is 1.27 bits per heavy atom. The SMILES string of the molecule is CN1CCC(NC(=O)c2cc(-c3nsc(Nc4ccc5[nH]ncc5c4Cl)n3)ccc2F)CC1. The van der Waals surface area contributed by atoms with Crippen LogP contribution in [0, 0.1) is 5.82 Å². The predicted molar refractivity (Wildman–Crippen MR) is 128 cm³/mol. The Balaban J connectivity index is 1.33. The third-order valence-electron chi connectivity index (χ3n) is 5.75. The van der Waals surface area contributed by atoms with Crippen molar-refractivity contribution in [1.82, 2.24) is 29.8 Å². The molecule has 0 saturated carbocycles. The highest BCUT2D eigenvalue weighted by atomic mass is 35.5. The number of aromatic amines is 1. The van der Waals surface area contributed by atoms with Crippen molar-refractivity contribution in [2.24, 2.45) is 0 Å². The number of benzene rings is 2. The zero-order valence-corrected chi connectivity index (χ0v) is 19.3. The fraction of sp³-hybridized carbons (Fsp3) is 0.273. The molecule has 33 heavy (non-hydrogen) atoms. The van der Waals surface area contributed by atoms with E-state index >= 15 is 0 Å². The number of nitrogens with one attached hydrogen (secondary N) is 3. The van der Waals surface area contributed by atoms with Crippen LogP contribution in [-0.4, -0.2) is 56.5 Å². The first-order valence-corrected chi connectivity index (χ1v) is 11.6. The van der Waals surface area contributed by atoms with Gasteiger partial charge in [-0.1, -0.05) is 11.6 Å². The average Bonchev–Trinajstić information content (AvgIpc) is 3.48. The maximum atomic E-state index is 14.4. The molecule has 0 atom stereocenters. The molecule has 0 bridgehead atoms. The van der Waals surface area contributed by atoms with Crippen molar-refractivity contribution in [3.05, 3.63) is 52.9 Å². The topological polar surface area (TPSA) is 98.8 Å². The minimum Gasteiger partial charge on any atom is -0.349 e. The zero-order chi connectivity index (χ0) is 22.9. The quantitative estimate of drug-likeness (QED) is 0.386. The van der Waals surface area contributed by atoms with Gasteiger partial charge >= 0.3 is 0 Å².